The molecule has 2 aliphatic rings. The standard InChI is InChI=1S/C18H28N8O/c19-7-12(9-22-8-11-5-6-11)24-18-16(17(21)27)23-10-15(26-18)25-14-4-2-1-3-13(14)20/h7,9-11,13-14,19,22H,1-6,8,20H2,(H2,21,27)(H2,24,25,26)/b12-9+,19-7?/t13-,14+/m0/s1. The molecular formula is C18H28N8O. The van der Waals surface area contributed by atoms with E-state index in [0.717, 1.165) is 38.4 Å². The topological polar surface area (TPSA) is 155 Å². The quantitative estimate of drug-likeness (QED) is 0.355. The zero-order valence-electron chi connectivity index (χ0n) is 15.4. The van der Waals surface area contributed by atoms with Crippen LogP contribution >= 0.6 is 0 Å². The molecule has 2 atom stereocenters. The van der Waals surface area contributed by atoms with Crippen molar-refractivity contribution in [3.63, 3.8) is 0 Å². The molecule has 0 aliphatic heterocycles. The van der Waals surface area contributed by atoms with E-state index >= 15 is 0 Å². The van der Waals surface area contributed by atoms with Crippen LogP contribution in [0.4, 0.5) is 11.6 Å². The number of nitrogens with one attached hydrogen (secondary N) is 4. The number of aromatic nitrogens is 2. The SMILES string of the molecule is N=C/C(=C\NCC1CC1)Nc1nc(N[C@@H]2CCCC[C@@H]2N)cnc1C(N)=O. The second-order valence-corrected chi connectivity index (χ2v) is 7.24. The van der Waals surface area contributed by atoms with Crippen molar-refractivity contribution in [3.8, 4) is 0 Å². The lowest BCUT2D eigenvalue weighted by Gasteiger charge is -2.29. The van der Waals surface area contributed by atoms with Gasteiger partial charge in [-0.2, -0.15) is 0 Å². The Balaban J connectivity index is 1.73. The number of hydrogen-bond acceptors (Lipinski definition) is 8. The van der Waals surface area contributed by atoms with E-state index in [-0.39, 0.29) is 23.6 Å². The molecule has 9 nitrogen and oxygen atoms in total. The van der Waals surface area contributed by atoms with Crippen molar-refractivity contribution in [3.05, 3.63) is 23.8 Å². The van der Waals surface area contributed by atoms with Crippen LogP contribution in [-0.2, 0) is 0 Å². The third-order valence-electron chi connectivity index (χ3n) is 4.94. The van der Waals surface area contributed by atoms with Gasteiger partial charge in [0, 0.05) is 31.0 Å². The second kappa shape index (κ2) is 8.81. The van der Waals surface area contributed by atoms with Gasteiger partial charge in [0.2, 0.25) is 0 Å². The molecule has 0 unspecified atom stereocenters. The molecule has 146 valence electrons. The molecule has 0 bridgehead atoms. The smallest absolute Gasteiger partial charge is 0.271 e. The minimum absolute atomic E-state index is 0.0310. The first-order chi connectivity index (χ1) is 13.1. The fourth-order valence-corrected chi connectivity index (χ4v) is 3.16. The maximum atomic E-state index is 11.7. The lowest BCUT2D eigenvalue weighted by Crippen LogP contribution is -2.42. The molecule has 1 amide bonds. The van der Waals surface area contributed by atoms with Gasteiger partial charge in [-0.3, -0.25) is 4.79 Å². The highest BCUT2D eigenvalue weighted by molar-refractivity contribution is 5.97. The number of rotatable bonds is 9. The van der Waals surface area contributed by atoms with Crippen LogP contribution in [0.15, 0.2) is 18.1 Å². The van der Waals surface area contributed by atoms with Gasteiger partial charge in [-0.15, -0.1) is 0 Å². The Morgan fingerprint density at radius 2 is 2.07 bits per heavy atom. The van der Waals surface area contributed by atoms with Crippen LogP contribution in [-0.4, -0.2) is 40.7 Å². The van der Waals surface area contributed by atoms with Crippen LogP contribution in [0.1, 0.15) is 49.0 Å². The molecule has 9 heteroatoms. The number of anilines is 2. The molecule has 1 heterocycles. The molecule has 0 aromatic carbocycles. The number of primary amides is 1. The molecule has 0 spiro atoms. The van der Waals surface area contributed by atoms with Crippen molar-refractivity contribution in [2.45, 2.75) is 50.6 Å². The average Bonchev–Trinajstić information content (AvgIpc) is 3.47. The van der Waals surface area contributed by atoms with Gasteiger partial charge in [-0.25, -0.2) is 9.97 Å². The predicted octanol–water partition coefficient (Wildman–Crippen LogP) is 1.16. The van der Waals surface area contributed by atoms with Gasteiger partial charge in [0.15, 0.2) is 11.5 Å². The van der Waals surface area contributed by atoms with Gasteiger partial charge in [-0.05, 0) is 31.6 Å². The normalized spacial score (nSPS) is 22.8. The monoisotopic (exact) mass is 372 g/mol. The van der Waals surface area contributed by atoms with Crippen LogP contribution in [0.3, 0.4) is 0 Å². The van der Waals surface area contributed by atoms with Gasteiger partial charge in [0.25, 0.3) is 5.91 Å². The summed E-state index contributed by atoms with van der Waals surface area (Å²) in [5, 5.41) is 17.0. The van der Waals surface area contributed by atoms with E-state index in [4.69, 9.17) is 16.9 Å². The van der Waals surface area contributed by atoms with E-state index in [1.54, 1.807) is 6.20 Å². The maximum absolute atomic E-state index is 11.7. The van der Waals surface area contributed by atoms with E-state index in [2.05, 4.69) is 25.9 Å². The summed E-state index contributed by atoms with van der Waals surface area (Å²) in [4.78, 5) is 20.3. The first-order valence-corrected chi connectivity index (χ1v) is 9.47. The lowest BCUT2D eigenvalue weighted by molar-refractivity contribution is 0.0996. The minimum atomic E-state index is -0.679. The number of carbonyl (C=O) groups excluding carboxylic acids is 1. The number of carbonyl (C=O) groups is 1. The molecule has 0 radical (unpaired) electrons. The van der Waals surface area contributed by atoms with Gasteiger partial charge in [0.1, 0.15) is 5.82 Å². The van der Waals surface area contributed by atoms with E-state index in [9.17, 15) is 4.79 Å². The zero-order valence-corrected chi connectivity index (χ0v) is 15.4. The second-order valence-electron chi connectivity index (χ2n) is 7.24. The Hall–Kier alpha value is -2.68. The average molecular weight is 372 g/mol. The number of nitrogens with zero attached hydrogens (tertiary/aromatic N) is 2. The molecule has 27 heavy (non-hydrogen) atoms. The Bertz CT molecular complexity index is 715. The number of nitrogens with two attached hydrogens (primary N) is 2. The third-order valence-corrected chi connectivity index (χ3v) is 4.94. The Morgan fingerprint density at radius 1 is 1.30 bits per heavy atom. The van der Waals surface area contributed by atoms with Crippen molar-refractivity contribution in [2.24, 2.45) is 17.4 Å². The molecule has 8 N–H and O–H groups in total. The lowest BCUT2D eigenvalue weighted by atomic mass is 9.91. The predicted molar refractivity (Wildman–Crippen MR) is 106 cm³/mol. The van der Waals surface area contributed by atoms with Crippen LogP contribution in [0.25, 0.3) is 0 Å². The number of amides is 1. The largest absolute Gasteiger partial charge is 0.389 e. The van der Waals surface area contributed by atoms with Crippen LogP contribution < -0.4 is 27.4 Å². The van der Waals surface area contributed by atoms with E-state index in [0.29, 0.717) is 17.4 Å². The van der Waals surface area contributed by atoms with Crippen molar-refractivity contribution < 1.29 is 4.79 Å². The van der Waals surface area contributed by atoms with E-state index in [1.807, 2.05) is 0 Å². The summed E-state index contributed by atoms with van der Waals surface area (Å²) in [7, 11) is 0. The van der Waals surface area contributed by atoms with Crippen LogP contribution in [0.5, 0.6) is 0 Å². The third kappa shape index (κ3) is 5.40. The van der Waals surface area contributed by atoms with Crippen LogP contribution in [0, 0.1) is 11.3 Å². The van der Waals surface area contributed by atoms with Crippen molar-refractivity contribution in [2.75, 3.05) is 17.2 Å². The Labute approximate surface area is 158 Å². The van der Waals surface area contributed by atoms with Gasteiger partial charge >= 0.3 is 0 Å². The summed E-state index contributed by atoms with van der Waals surface area (Å²) >= 11 is 0. The highest BCUT2D eigenvalue weighted by Crippen LogP contribution is 2.27. The van der Waals surface area contributed by atoms with Crippen molar-refractivity contribution in [1.82, 2.24) is 15.3 Å². The highest BCUT2D eigenvalue weighted by Gasteiger charge is 2.23. The van der Waals surface area contributed by atoms with Crippen molar-refractivity contribution >= 4 is 23.8 Å². The Morgan fingerprint density at radius 3 is 2.74 bits per heavy atom. The first-order valence-electron chi connectivity index (χ1n) is 9.47. The molecule has 1 aromatic rings. The summed E-state index contributed by atoms with van der Waals surface area (Å²) in [6.07, 6.45) is 11.0. The summed E-state index contributed by atoms with van der Waals surface area (Å²) in [5.41, 5.74) is 12.1. The summed E-state index contributed by atoms with van der Waals surface area (Å²) in [5.74, 6) is 0.780. The fourth-order valence-electron chi connectivity index (χ4n) is 3.16. The summed E-state index contributed by atoms with van der Waals surface area (Å²) in [6.45, 7) is 0.870. The molecule has 1 aromatic heterocycles. The molecule has 3 rings (SSSR count). The highest BCUT2D eigenvalue weighted by atomic mass is 16.1. The van der Waals surface area contributed by atoms with Gasteiger partial charge in [0.05, 0.1) is 11.9 Å². The molecule has 2 aliphatic carbocycles. The van der Waals surface area contributed by atoms with E-state index in [1.165, 1.54) is 19.0 Å². The maximum Gasteiger partial charge on any atom is 0.271 e. The fraction of sp³-hybridized carbons (Fsp3) is 0.556. The van der Waals surface area contributed by atoms with Gasteiger partial charge < -0.3 is 32.8 Å². The molecule has 0 saturated heterocycles. The summed E-state index contributed by atoms with van der Waals surface area (Å²) < 4.78 is 0. The number of allylic oxidation sites excluding steroid dienone is 1. The summed E-state index contributed by atoms with van der Waals surface area (Å²) in [6, 6.07) is 0.190. The van der Waals surface area contributed by atoms with Crippen LogP contribution in [0.2, 0.25) is 0 Å². The molecule has 2 fully saturated rings. The zero-order chi connectivity index (χ0) is 19.2. The van der Waals surface area contributed by atoms with Gasteiger partial charge in [-0.1, -0.05) is 12.8 Å². The first kappa shape index (κ1) is 19.1. The Kier molecular flexibility index (Phi) is 6.23. The minimum Gasteiger partial charge on any atom is -0.389 e. The molecule has 2 saturated carbocycles. The van der Waals surface area contributed by atoms with E-state index < -0.39 is 5.91 Å². The van der Waals surface area contributed by atoms with Crippen molar-refractivity contribution in [1.29, 1.82) is 5.41 Å². The number of hydrogen-bond donors (Lipinski definition) is 6. The molecular weight excluding hydrogens is 344 g/mol.